The summed E-state index contributed by atoms with van der Waals surface area (Å²) in [5.41, 5.74) is 4.64. The third kappa shape index (κ3) is 3.48. The summed E-state index contributed by atoms with van der Waals surface area (Å²) in [6, 6.07) is 18.2. The normalized spacial score (nSPS) is 25.8. The van der Waals surface area contributed by atoms with Crippen LogP contribution in [0.4, 0.5) is 0 Å². The Morgan fingerprint density at radius 2 is 1.69 bits per heavy atom. The number of hydrogen-bond acceptors (Lipinski definition) is 2. The van der Waals surface area contributed by atoms with Crippen molar-refractivity contribution >= 4 is 5.78 Å². The van der Waals surface area contributed by atoms with Crippen molar-refractivity contribution in [2.24, 2.45) is 5.92 Å². The van der Waals surface area contributed by atoms with Crippen molar-refractivity contribution in [3.63, 3.8) is 0 Å². The quantitative estimate of drug-likeness (QED) is 0.698. The summed E-state index contributed by atoms with van der Waals surface area (Å²) in [4.78, 5) is 15.9. The molecule has 2 aromatic rings. The van der Waals surface area contributed by atoms with E-state index in [1.807, 2.05) is 0 Å². The minimum Gasteiger partial charge on any atom is -0.294 e. The van der Waals surface area contributed by atoms with E-state index in [1.54, 1.807) is 0 Å². The number of carbonyl (C=O) groups excluding carboxylic acids is 1. The van der Waals surface area contributed by atoms with Crippen LogP contribution in [0.2, 0.25) is 0 Å². The van der Waals surface area contributed by atoms with Gasteiger partial charge in [0.1, 0.15) is 0 Å². The lowest BCUT2D eigenvalue weighted by atomic mass is 9.75. The lowest BCUT2D eigenvalue weighted by Crippen LogP contribution is -2.52. The van der Waals surface area contributed by atoms with Crippen LogP contribution in [0.5, 0.6) is 0 Å². The Bertz CT molecular complexity index is 768. The predicted octanol–water partition coefficient (Wildman–Crippen LogP) is 5.32. The number of aryl methyl sites for hydroxylation is 2. The molecule has 0 aliphatic carbocycles. The smallest absolute Gasteiger partial charge is 0.166 e. The molecule has 2 bridgehead atoms. The van der Waals surface area contributed by atoms with Crippen LogP contribution in [0, 0.1) is 19.8 Å². The van der Waals surface area contributed by atoms with Crippen LogP contribution in [0.15, 0.2) is 48.5 Å². The zero-order valence-electron chi connectivity index (χ0n) is 15.9. The van der Waals surface area contributed by atoms with Gasteiger partial charge in [0.25, 0.3) is 0 Å². The van der Waals surface area contributed by atoms with E-state index in [-0.39, 0.29) is 5.92 Å². The van der Waals surface area contributed by atoms with Crippen LogP contribution < -0.4 is 0 Å². The van der Waals surface area contributed by atoms with Crippen molar-refractivity contribution in [3.8, 4) is 0 Å². The fourth-order valence-corrected chi connectivity index (χ4v) is 4.97. The summed E-state index contributed by atoms with van der Waals surface area (Å²) in [7, 11) is 0. The molecule has 0 N–H and O–H groups in total. The number of fused-ring (bicyclic) bond motifs is 2. The number of nitrogens with zero attached hydrogens (tertiary/aromatic N) is 1. The molecule has 0 saturated carbocycles. The molecule has 2 heterocycles. The molecule has 2 aliphatic heterocycles. The molecule has 2 aliphatic rings. The van der Waals surface area contributed by atoms with Crippen LogP contribution in [0.1, 0.15) is 59.2 Å². The van der Waals surface area contributed by atoms with Gasteiger partial charge in [0.15, 0.2) is 5.78 Å². The van der Waals surface area contributed by atoms with E-state index >= 15 is 0 Å². The third-order valence-electron chi connectivity index (χ3n) is 6.36. The summed E-state index contributed by atoms with van der Waals surface area (Å²) in [6.45, 7) is 5.17. The molecule has 26 heavy (non-hydrogen) atoms. The fourth-order valence-electron chi connectivity index (χ4n) is 4.97. The minimum absolute atomic E-state index is 0.192. The van der Waals surface area contributed by atoms with Gasteiger partial charge in [-0.1, -0.05) is 54.4 Å². The van der Waals surface area contributed by atoms with Crippen LogP contribution >= 0.6 is 0 Å². The summed E-state index contributed by atoms with van der Waals surface area (Å²) >= 11 is 0. The molecule has 2 nitrogen and oxygen atoms in total. The zero-order valence-corrected chi connectivity index (χ0v) is 15.9. The number of carbonyl (C=O) groups is 1. The first-order valence-corrected chi connectivity index (χ1v) is 10.0. The minimum atomic E-state index is 0.192. The van der Waals surface area contributed by atoms with E-state index in [0.29, 0.717) is 17.9 Å². The van der Waals surface area contributed by atoms with E-state index in [0.717, 1.165) is 30.5 Å². The van der Waals surface area contributed by atoms with Crippen molar-refractivity contribution < 1.29 is 4.79 Å². The highest BCUT2D eigenvalue weighted by atomic mass is 16.1. The highest BCUT2D eigenvalue weighted by Crippen LogP contribution is 2.39. The summed E-state index contributed by atoms with van der Waals surface area (Å²) in [5.74, 6) is 0.570. The van der Waals surface area contributed by atoms with Gasteiger partial charge in [-0.25, -0.2) is 0 Å². The van der Waals surface area contributed by atoms with Gasteiger partial charge in [0, 0.05) is 30.1 Å². The highest BCUT2D eigenvalue weighted by Gasteiger charge is 2.40. The van der Waals surface area contributed by atoms with E-state index < -0.39 is 0 Å². The molecule has 0 aromatic heterocycles. The first-order valence-electron chi connectivity index (χ1n) is 10.0. The molecule has 2 aromatic carbocycles. The molecular weight excluding hydrogens is 318 g/mol. The average Bonchev–Trinajstić information content (AvgIpc) is 2.64. The van der Waals surface area contributed by atoms with E-state index in [1.165, 1.54) is 30.4 Å². The van der Waals surface area contributed by atoms with E-state index in [2.05, 4.69) is 67.3 Å². The zero-order chi connectivity index (χ0) is 18.1. The van der Waals surface area contributed by atoms with Gasteiger partial charge >= 0.3 is 0 Å². The first kappa shape index (κ1) is 17.5. The van der Waals surface area contributed by atoms with Gasteiger partial charge in [-0.05, 0) is 56.7 Å². The lowest BCUT2D eigenvalue weighted by molar-refractivity contribution is 0.00904. The maximum absolute atomic E-state index is 13.3. The van der Waals surface area contributed by atoms with Crippen LogP contribution in [0.25, 0.3) is 0 Å². The predicted molar refractivity (Wildman–Crippen MR) is 106 cm³/mol. The Kier molecular flexibility index (Phi) is 4.95. The van der Waals surface area contributed by atoms with Gasteiger partial charge in [-0.2, -0.15) is 0 Å². The number of rotatable bonds is 4. The average molecular weight is 348 g/mol. The number of benzene rings is 2. The fraction of sp³-hybridized carbons (Fsp3) is 0.458. The van der Waals surface area contributed by atoms with Crippen molar-refractivity contribution in [2.45, 2.75) is 64.6 Å². The van der Waals surface area contributed by atoms with Crippen molar-refractivity contribution in [2.75, 3.05) is 0 Å². The van der Waals surface area contributed by atoms with Crippen LogP contribution in [-0.2, 0) is 6.54 Å². The molecule has 4 rings (SSSR count). The molecule has 0 radical (unpaired) electrons. The largest absolute Gasteiger partial charge is 0.294 e. The SMILES string of the molecule is Cc1ccc(C)c(C(=O)C2CC3CCCC(C2)N3Cc2ccccc2)c1. The lowest BCUT2D eigenvalue weighted by Gasteiger charge is -2.48. The Morgan fingerprint density at radius 3 is 2.38 bits per heavy atom. The number of piperidine rings is 2. The van der Waals surface area contributed by atoms with E-state index in [9.17, 15) is 4.79 Å². The van der Waals surface area contributed by atoms with Crippen molar-refractivity contribution in [1.29, 1.82) is 0 Å². The van der Waals surface area contributed by atoms with Gasteiger partial charge < -0.3 is 0 Å². The summed E-state index contributed by atoms with van der Waals surface area (Å²) in [5, 5.41) is 0. The molecule has 2 heteroatoms. The maximum Gasteiger partial charge on any atom is 0.166 e. The van der Waals surface area contributed by atoms with Gasteiger partial charge in [0.2, 0.25) is 0 Å². The Hall–Kier alpha value is -1.93. The second-order valence-electron chi connectivity index (χ2n) is 8.25. The number of Topliss-reactive ketones (excluding diaryl/α,β-unsaturated/α-hetero) is 1. The second kappa shape index (κ2) is 7.36. The Balaban J connectivity index is 1.52. The van der Waals surface area contributed by atoms with Crippen LogP contribution in [0.3, 0.4) is 0 Å². The number of ketones is 1. The van der Waals surface area contributed by atoms with Gasteiger partial charge in [0.05, 0.1) is 0 Å². The van der Waals surface area contributed by atoms with Crippen molar-refractivity contribution in [1.82, 2.24) is 4.90 Å². The standard InChI is InChI=1S/C24H29NO/c1-17-11-12-18(2)23(13-17)24(26)20-14-21-9-6-10-22(15-20)25(21)16-19-7-4-3-5-8-19/h3-5,7-8,11-13,20-22H,6,9-10,14-16H2,1-2H3. The highest BCUT2D eigenvalue weighted by molar-refractivity contribution is 5.99. The van der Waals surface area contributed by atoms with Gasteiger partial charge in [-0.3, -0.25) is 9.69 Å². The molecule has 0 amide bonds. The van der Waals surface area contributed by atoms with Crippen molar-refractivity contribution in [3.05, 3.63) is 70.8 Å². The third-order valence-corrected chi connectivity index (χ3v) is 6.36. The molecule has 136 valence electrons. The monoisotopic (exact) mass is 347 g/mol. The molecular formula is C24H29NO. The van der Waals surface area contributed by atoms with Crippen LogP contribution in [-0.4, -0.2) is 22.8 Å². The summed E-state index contributed by atoms with van der Waals surface area (Å²) in [6.07, 6.45) is 5.83. The molecule has 2 unspecified atom stereocenters. The molecule has 2 saturated heterocycles. The van der Waals surface area contributed by atoms with E-state index in [4.69, 9.17) is 0 Å². The van der Waals surface area contributed by atoms with Gasteiger partial charge in [-0.15, -0.1) is 0 Å². The first-order chi connectivity index (χ1) is 12.6. The Morgan fingerprint density at radius 1 is 1.00 bits per heavy atom. The molecule has 2 fully saturated rings. The maximum atomic E-state index is 13.3. The second-order valence-corrected chi connectivity index (χ2v) is 8.25. The molecule has 0 spiro atoms. The summed E-state index contributed by atoms with van der Waals surface area (Å²) < 4.78 is 0. The Labute approximate surface area is 157 Å². The molecule has 2 atom stereocenters. The number of hydrogen-bond donors (Lipinski definition) is 0. The topological polar surface area (TPSA) is 20.3 Å².